The molecule has 0 radical (unpaired) electrons. The van der Waals surface area contributed by atoms with Gasteiger partial charge in [-0.2, -0.15) is 0 Å². The van der Waals surface area contributed by atoms with E-state index in [0.717, 1.165) is 0 Å². The van der Waals surface area contributed by atoms with Gasteiger partial charge in [-0.3, -0.25) is 0 Å². The van der Waals surface area contributed by atoms with Gasteiger partial charge in [0.25, 0.3) is 0 Å². The van der Waals surface area contributed by atoms with Crippen molar-refractivity contribution >= 4 is 6.09 Å². The van der Waals surface area contributed by atoms with E-state index in [0.29, 0.717) is 13.0 Å². The Kier molecular flexibility index (Phi) is 3.50. The molecule has 1 amide bonds. The number of hydrogen-bond acceptors (Lipinski definition) is 4. The summed E-state index contributed by atoms with van der Waals surface area (Å²) in [6.45, 7) is 7.47. The molecule has 1 aliphatic heterocycles. The Balaban J connectivity index is 2.55. The minimum absolute atomic E-state index is 0.113. The fraction of sp³-hybridized carbons (Fsp3) is 0.909. The summed E-state index contributed by atoms with van der Waals surface area (Å²) in [4.78, 5) is 13.1. The van der Waals surface area contributed by atoms with Gasteiger partial charge in [-0.1, -0.05) is 0 Å². The van der Waals surface area contributed by atoms with Gasteiger partial charge in [-0.05, 0) is 34.1 Å². The minimum atomic E-state index is -1.11. The molecule has 1 saturated heterocycles. The highest BCUT2D eigenvalue weighted by molar-refractivity contribution is 5.68. The lowest BCUT2D eigenvalue weighted by Crippen LogP contribution is -2.55. The molecule has 0 aromatic carbocycles. The van der Waals surface area contributed by atoms with Gasteiger partial charge in [0.1, 0.15) is 11.7 Å². The second kappa shape index (κ2) is 4.22. The Labute approximate surface area is 96.0 Å². The third-order valence-electron chi connectivity index (χ3n) is 2.65. The van der Waals surface area contributed by atoms with Crippen molar-refractivity contribution < 1.29 is 19.7 Å². The number of likely N-dealkylation sites (tertiary alicyclic amines) is 1. The molecule has 0 spiro atoms. The first-order valence-corrected chi connectivity index (χ1v) is 5.50. The zero-order chi connectivity index (χ0) is 12.6. The summed E-state index contributed by atoms with van der Waals surface area (Å²) < 4.78 is 5.19. The summed E-state index contributed by atoms with van der Waals surface area (Å²) in [6.07, 6.45) is -1.01. The summed E-state index contributed by atoms with van der Waals surface area (Å²) in [5.41, 5.74) is -1.65. The molecule has 16 heavy (non-hydrogen) atoms. The molecule has 1 aliphatic rings. The topological polar surface area (TPSA) is 70.0 Å². The molecule has 2 N–H and O–H groups in total. The van der Waals surface area contributed by atoms with Crippen LogP contribution in [0.3, 0.4) is 0 Å². The normalized spacial score (nSPS) is 31.4. The van der Waals surface area contributed by atoms with Crippen molar-refractivity contribution in [3.05, 3.63) is 0 Å². The van der Waals surface area contributed by atoms with Gasteiger partial charge in [0.05, 0.1) is 12.1 Å². The number of rotatable bonds is 0. The van der Waals surface area contributed by atoms with E-state index in [1.807, 2.05) is 0 Å². The number of carbonyl (C=O) groups excluding carboxylic acids is 1. The first-order chi connectivity index (χ1) is 7.12. The molecule has 1 heterocycles. The lowest BCUT2D eigenvalue weighted by Gasteiger charge is -2.40. The summed E-state index contributed by atoms with van der Waals surface area (Å²) in [6, 6.07) is 0. The van der Waals surface area contributed by atoms with Gasteiger partial charge in [-0.25, -0.2) is 4.79 Å². The van der Waals surface area contributed by atoms with Crippen LogP contribution in [0.25, 0.3) is 0 Å². The smallest absolute Gasteiger partial charge is 0.410 e. The average molecular weight is 231 g/mol. The van der Waals surface area contributed by atoms with Crippen LogP contribution in [0.5, 0.6) is 0 Å². The van der Waals surface area contributed by atoms with E-state index < -0.39 is 23.4 Å². The van der Waals surface area contributed by atoms with E-state index in [4.69, 9.17) is 4.74 Å². The van der Waals surface area contributed by atoms with E-state index in [9.17, 15) is 15.0 Å². The SMILES string of the molecule is CC(C)(C)OC(=O)N1CC[C@@](C)(O)[C@H](O)C1. The molecule has 0 unspecified atom stereocenters. The Bertz CT molecular complexity index is 270. The number of nitrogens with zero attached hydrogens (tertiary/aromatic N) is 1. The van der Waals surface area contributed by atoms with Crippen molar-refractivity contribution in [1.82, 2.24) is 4.90 Å². The highest BCUT2D eigenvalue weighted by atomic mass is 16.6. The highest BCUT2D eigenvalue weighted by Crippen LogP contribution is 2.23. The van der Waals surface area contributed by atoms with Crippen LogP contribution in [0.15, 0.2) is 0 Å². The summed E-state index contributed by atoms with van der Waals surface area (Å²) >= 11 is 0. The predicted octanol–water partition coefficient (Wildman–Crippen LogP) is 0.739. The number of amides is 1. The van der Waals surface area contributed by atoms with E-state index in [1.165, 1.54) is 4.90 Å². The van der Waals surface area contributed by atoms with E-state index in [-0.39, 0.29) is 6.54 Å². The van der Waals surface area contributed by atoms with Gasteiger partial charge < -0.3 is 19.8 Å². The Hall–Kier alpha value is -0.810. The first kappa shape index (κ1) is 13.3. The molecular weight excluding hydrogens is 210 g/mol. The summed E-state index contributed by atoms with van der Waals surface area (Å²) in [5.74, 6) is 0. The molecule has 0 aliphatic carbocycles. The van der Waals surface area contributed by atoms with Crippen LogP contribution in [0.1, 0.15) is 34.1 Å². The van der Waals surface area contributed by atoms with Crippen LogP contribution in [0.2, 0.25) is 0 Å². The molecule has 0 aromatic rings. The van der Waals surface area contributed by atoms with Crippen LogP contribution in [0, 0.1) is 0 Å². The lowest BCUT2D eigenvalue weighted by molar-refractivity contribution is -0.106. The van der Waals surface area contributed by atoms with Crippen molar-refractivity contribution in [1.29, 1.82) is 0 Å². The van der Waals surface area contributed by atoms with Gasteiger partial charge >= 0.3 is 6.09 Å². The van der Waals surface area contributed by atoms with Gasteiger partial charge in [0, 0.05) is 6.54 Å². The molecule has 0 bridgehead atoms. The predicted molar refractivity (Wildman–Crippen MR) is 59.1 cm³/mol. The molecule has 94 valence electrons. The largest absolute Gasteiger partial charge is 0.444 e. The van der Waals surface area contributed by atoms with Crippen molar-refractivity contribution in [3.8, 4) is 0 Å². The molecule has 5 nitrogen and oxygen atoms in total. The van der Waals surface area contributed by atoms with Crippen LogP contribution in [0.4, 0.5) is 4.79 Å². The number of piperidine rings is 1. The number of carbonyl (C=O) groups is 1. The molecule has 2 atom stereocenters. The van der Waals surface area contributed by atoms with Crippen LogP contribution >= 0.6 is 0 Å². The van der Waals surface area contributed by atoms with Gasteiger partial charge in [0.2, 0.25) is 0 Å². The molecular formula is C11H21NO4. The quantitative estimate of drug-likeness (QED) is 0.645. The fourth-order valence-electron chi connectivity index (χ4n) is 1.52. The van der Waals surface area contributed by atoms with Crippen molar-refractivity contribution in [2.24, 2.45) is 0 Å². The van der Waals surface area contributed by atoms with Crippen molar-refractivity contribution in [2.75, 3.05) is 13.1 Å². The number of hydrogen-bond donors (Lipinski definition) is 2. The van der Waals surface area contributed by atoms with E-state index in [1.54, 1.807) is 27.7 Å². The summed E-state index contributed by atoms with van der Waals surface area (Å²) in [5, 5.41) is 19.4. The number of aliphatic hydroxyl groups excluding tert-OH is 1. The standard InChI is InChI=1S/C11H21NO4/c1-10(2,3)16-9(14)12-6-5-11(4,15)8(13)7-12/h8,13,15H,5-7H2,1-4H3/t8-,11-/m1/s1. The molecule has 0 saturated carbocycles. The summed E-state index contributed by atoms with van der Waals surface area (Å²) in [7, 11) is 0. The maximum Gasteiger partial charge on any atom is 0.410 e. The zero-order valence-electron chi connectivity index (χ0n) is 10.4. The minimum Gasteiger partial charge on any atom is -0.444 e. The third-order valence-corrected chi connectivity index (χ3v) is 2.65. The van der Waals surface area contributed by atoms with Crippen LogP contribution in [-0.2, 0) is 4.74 Å². The van der Waals surface area contributed by atoms with E-state index in [2.05, 4.69) is 0 Å². The average Bonchev–Trinajstić information content (AvgIpc) is 2.06. The van der Waals surface area contributed by atoms with Crippen LogP contribution in [-0.4, -0.2) is 51.6 Å². The first-order valence-electron chi connectivity index (χ1n) is 5.50. The maximum atomic E-state index is 11.7. The maximum absolute atomic E-state index is 11.7. The molecule has 5 heteroatoms. The second-order valence-corrected chi connectivity index (χ2v) is 5.55. The number of ether oxygens (including phenoxy) is 1. The Morgan fingerprint density at radius 2 is 2.06 bits per heavy atom. The number of β-amino-alcohol motifs (C(OH)–C–C–N with tert-alkyl or cyclic N) is 1. The molecule has 1 rings (SSSR count). The Morgan fingerprint density at radius 3 is 2.50 bits per heavy atom. The van der Waals surface area contributed by atoms with E-state index >= 15 is 0 Å². The van der Waals surface area contributed by atoms with Crippen LogP contribution < -0.4 is 0 Å². The molecule has 1 fully saturated rings. The number of aliphatic hydroxyl groups is 2. The molecule has 0 aromatic heterocycles. The van der Waals surface area contributed by atoms with Gasteiger partial charge in [-0.15, -0.1) is 0 Å². The van der Waals surface area contributed by atoms with Gasteiger partial charge in [0.15, 0.2) is 0 Å². The second-order valence-electron chi connectivity index (χ2n) is 5.55. The highest BCUT2D eigenvalue weighted by Gasteiger charge is 2.38. The zero-order valence-corrected chi connectivity index (χ0v) is 10.4. The monoisotopic (exact) mass is 231 g/mol. The Morgan fingerprint density at radius 1 is 1.50 bits per heavy atom. The third kappa shape index (κ3) is 3.35. The van der Waals surface area contributed by atoms with Crippen molar-refractivity contribution in [2.45, 2.75) is 51.4 Å². The fourth-order valence-corrected chi connectivity index (χ4v) is 1.52. The van der Waals surface area contributed by atoms with Crippen molar-refractivity contribution in [3.63, 3.8) is 0 Å². The lowest BCUT2D eigenvalue weighted by atomic mass is 9.91.